The Morgan fingerprint density at radius 1 is 1.15 bits per heavy atom. The fourth-order valence-corrected chi connectivity index (χ4v) is 2.70. The maximum atomic E-state index is 12.3. The summed E-state index contributed by atoms with van der Waals surface area (Å²) in [4.78, 5) is 34.7. The fourth-order valence-electron chi connectivity index (χ4n) is 2.70. The Morgan fingerprint density at radius 2 is 1.85 bits per heavy atom. The minimum Gasteiger partial charge on any atom is -0.347 e. The van der Waals surface area contributed by atoms with Crippen molar-refractivity contribution < 1.29 is 9.72 Å². The van der Waals surface area contributed by atoms with Crippen molar-refractivity contribution in [2.75, 3.05) is 31.1 Å². The van der Waals surface area contributed by atoms with Gasteiger partial charge in [0.2, 0.25) is 5.82 Å². The van der Waals surface area contributed by atoms with Crippen LogP contribution in [0, 0.1) is 28.9 Å². The molecule has 0 atom stereocenters. The van der Waals surface area contributed by atoms with Gasteiger partial charge >= 0.3 is 5.69 Å². The van der Waals surface area contributed by atoms with Crippen LogP contribution in [-0.2, 0) is 4.79 Å². The van der Waals surface area contributed by atoms with Gasteiger partial charge in [-0.2, -0.15) is 0 Å². The van der Waals surface area contributed by atoms with Crippen LogP contribution < -0.4 is 4.90 Å². The lowest BCUT2D eigenvalue weighted by Crippen LogP contribution is -2.48. The number of rotatable bonds is 2. The van der Waals surface area contributed by atoms with Crippen LogP contribution in [0.1, 0.15) is 11.3 Å². The normalized spacial score (nSPS) is 13.7. The van der Waals surface area contributed by atoms with Gasteiger partial charge in [-0.3, -0.25) is 14.9 Å². The average Bonchev–Trinajstić information content (AvgIpc) is 2.67. The number of aromatic nitrogens is 2. The number of amides is 1. The van der Waals surface area contributed by atoms with Crippen LogP contribution in [0.15, 0.2) is 36.7 Å². The summed E-state index contributed by atoms with van der Waals surface area (Å²) in [6.07, 6.45) is 3.17. The molecule has 1 aliphatic rings. The Hall–Kier alpha value is -3.47. The molecule has 0 aromatic carbocycles. The van der Waals surface area contributed by atoms with Gasteiger partial charge in [-0.15, -0.1) is 0 Å². The zero-order valence-corrected chi connectivity index (χ0v) is 14.3. The first kappa shape index (κ1) is 17.4. The van der Waals surface area contributed by atoms with Crippen molar-refractivity contribution in [1.29, 1.82) is 0 Å². The molecule has 0 unspecified atom stereocenters. The van der Waals surface area contributed by atoms with Crippen molar-refractivity contribution in [1.82, 2.24) is 14.9 Å². The number of aryl methyl sites for hydroxylation is 1. The lowest BCUT2D eigenvalue weighted by atomic mass is 10.2. The molecule has 0 bridgehead atoms. The van der Waals surface area contributed by atoms with Crippen molar-refractivity contribution in [3.05, 3.63) is 58.0 Å². The number of carbonyl (C=O) groups excluding carboxylic acids is 1. The molecule has 2 aromatic heterocycles. The highest BCUT2D eigenvalue weighted by Crippen LogP contribution is 2.25. The third-order valence-electron chi connectivity index (χ3n) is 4.13. The molecule has 1 aliphatic heterocycles. The minimum atomic E-state index is -0.444. The summed E-state index contributed by atoms with van der Waals surface area (Å²) in [6, 6.07) is 6.68. The number of nitrogens with zero attached hydrogens (tertiary/aromatic N) is 5. The van der Waals surface area contributed by atoms with E-state index >= 15 is 0 Å². The van der Waals surface area contributed by atoms with E-state index in [-0.39, 0.29) is 11.6 Å². The molecule has 3 rings (SSSR count). The maximum Gasteiger partial charge on any atom is 0.311 e. The molecule has 8 heteroatoms. The Labute approximate surface area is 150 Å². The molecular formula is C18H17N5O3. The van der Waals surface area contributed by atoms with Crippen LogP contribution in [-0.4, -0.2) is 51.9 Å². The van der Waals surface area contributed by atoms with E-state index in [1.54, 1.807) is 11.1 Å². The minimum absolute atomic E-state index is 0.0299. The van der Waals surface area contributed by atoms with Crippen LogP contribution in [0.25, 0.3) is 0 Å². The molecular weight excluding hydrogens is 334 g/mol. The molecule has 132 valence electrons. The lowest BCUT2D eigenvalue weighted by molar-refractivity contribution is -0.384. The molecule has 1 fully saturated rings. The van der Waals surface area contributed by atoms with Crippen LogP contribution >= 0.6 is 0 Å². The highest BCUT2D eigenvalue weighted by Gasteiger charge is 2.26. The van der Waals surface area contributed by atoms with E-state index < -0.39 is 4.92 Å². The first-order chi connectivity index (χ1) is 12.6. The highest BCUT2D eigenvalue weighted by molar-refractivity contribution is 5.94. The van der Waals surface area contributed by atoms with Crippen molar-refractivity contribution in [3.8, 4) is 11.8 Å². The van der Waals surface area contributed by atoms with E-state index in [4.69, 9.17) is 0 Å². The summed E-state index contributed by atoms with van der Waals surface area (Å²) in [5.41, 5.74) is 1.47. The summed E-state index contributed by atoms with van der Waals surface area (Å²) >= 11 is 0. The standard InChI is InChI=1S/C18H17N5O3/c1-14-4-2-8-19-15(14)6-7-17(24)21-10-12-22(13-11-21)18-16(23(25)26)5-3-9-20-18/h2-5,8-9H,10-13H2,1H3. The maximum absolute atomic E-state index is 12.3. The zero-order valence-electron chi connectivity index (χ0n) is 14.3. The summed E-state index contributed by atoms with van der Waals surface area (Å²) in [5.74, 6) is 5.50. The number of carbonyl (C=O) groups is 1. The van der Waals surface area contributed by atoms with E-state index in [2.05, 4.69) is 21.8 Å². The number of hydrogen-bond donors (Lipinski definition) is 0. The molecule has 0 saturated carbocycles. The number of piperazine rings is 1. The van der Waals surface area contributed by atoms with E-state index in [9.17, 15) is 14.9 Å². The van der Waals surface area contributed by atoms with E-state index in [1.807, 2.05) is 24.0 Å². The van der Waals surface area contributed by atoms with Crippen molar-refractivity contribution in [3.63, 3.8) is 0 Å². The Balaban J connectivity index is 1.65. The molecule has 26 heavy (non-hydrogen) atoms. The zero-order chi connectivity index (χ0) is 18.5. The van der Waals surface area contributed by atoms with E-state index in [1.165, 1.54) is 18.3 Å². The van der Waals surface area contributed by atoms with Crippen LogP contribution in [0.5, 0.6) is 0 Å². The molecule has 0 aliphatic carbocycles. The van der Waals surface area contributed by atoms with E-state index in [0.717, 1.165) is 5.56 Å². The fraction of sp³-hybridized carbons (Fsp3) is 0.278. The first-order valence-corrected chi connectivity index (χ1v) is 8.13. The van der Waals surface area contributed by atoms with Crippen LogP contribution in [0.4, 0.5) is 11.5 Å². The van der Waals surface area contributed by atoms with Gasteiger partial charge < -0.3 is 9.80 Å². The van der Waals surface area contributed by atoms with Crippen LogP contribution in [0.2, 0.25) is 0 Å². The van der Waals surface area contributed by atoms with Gasteiger partial charge in [0, 0.05) is 50.6 Å². The van der Waals surface area contributed by atoms with Gasteiger partial charge in [0.05, 0.1) is 4.92 Å². The molecule has 0 spiro atoms. The van der Waals surface area contributed by atoms with Gasteiger partial charge in [-0.1, -0.05) is 6.07 Å². The number of anilines is 1. The second-order valence-electron chi connectivity index (χ2n) is 5.80. The summed E-state index contributed by atoms with van der Waals surface area (Å²) in [5, 5.41) is 11.1. The predicted octanol–water partition coefficient (Wildman–Crippen LogP) is 1.39. The number of pyridine rings is 2. The van der Waals surface area contributed by atoms with Gasteiger partial charge in [-0.25, -0.2) is 9.97 Å². The van der Waals surface area contributed by atoms with Gasteiger partial charge in [0.15, 0.2) is 0 Å². The SMILES string of the molecule is Cc1cccnc1C#CC(=O)N1CCN(c2ncccc2[N+](=O)[O-])CC1. The van der Waals surface area contributed by atoms with Crippen molar-refractivity contribution >= 4 is 17.4 Å². The Kier molecular flexibility index (Phi) is 5.08. The summed E-state index contributed by atoms with van der Waals surface area (Å²) in [6.45, 7) is 3.69. The average molecular weight is 351 g/mol. The first-order valence-electron chi connectivity index (χ1n) is 8.13. The van der Waals surface area contributed by atoms with Crippen molar-refractivity contribution in [2.24, 2.45) is 0 Å². The molecule has 0 N–H and O–H groups in total. The third kappa shape index (κ3) is 3.78. The molecule has 8 nitrogen and oxygen atoms in total. The highest BCUT2D eigenvalue weighted by atomic mass is 16.6. The number of nitro groups is 1. The Morgan fingerprint density at radius 3 is 2.54 bits per heavy atom. The van der Waals surface area contributed by atoms with Gasteiger partial charge in [0.1, 0.15) is 5.69 Å². The molecule has 2 aromatic rings. The van der Waals surface area contributed by atoms with Crippen molar-refractivity contribution in [2.45, 2.75) is 6.92 Å². The molecule has 1 saturated heterocycles. The smallest absolute Gasteiger partial charge is 0.311 e. The summed E-state index contributed by atoms with van der Waals surface area (Å²) in [7, 11) is 0. The second kappa shape index (κ2) is 7.61. The van der Waals surface area contributed by atoms with Crippen LogP contribution in [0.3, 0.4) is 0 Å². The monoisotopic (exact) mass is 351 g/mol. The molecule has 0 radical (unpaired) electrons. The molecule has 3 heterocycles. The van der Waals surface area contributed by atoms with Gasteiger partial charge in [0.25, 0.3) is 5.91 Å². The van der Waals surface area contributed by atoms with Gasteiger partial charge in [-0.05, 0) is 30.5 Å². The summed E-state index contributed by atoms with van der Waals surface area (Å²) < 4.78 is 0. The lowest BCUT2D eigenvalue weighted by Gasteiger charge is -2.34. The largest absolute Gasteiger partial charge is 0.347 e. The number of hydrogen-bond acceptors (Lipinski definition) is 6. The third-order valence-corrected chi connectivity index (χ3v) is 4.13. The molecule has 1 amide bonds. The topological polar surface area (TPSA) is 92.5 Å². The second-order valence-corrected chi connectivity index (χ2v) is 5.80. The Bertz CT molecular complexity index is 895. The quantitative estimate of drug-likeness (QED) is 0.461. The predicted molar refractivity (Wildman–Crippen MR) is 95.5 cm³/mol. The van der Waals surface area contributed by atoms with E-state index in [0.29, 0.717) is 37.7 Å².